The highest BCUT2D eigenvalue weighted by Gasteiger charge is 2.24. The maximum absolute atomic E-state index is 13.8. The molecule has 1 heterocycles. The normalized spacial score (nSPS) is 17.7. The zero-order valence-electron chi connectivity index (χ0n) is 10.5. The van der Waals surface area contributed by atoms with Crippen LogP contribution in [0.2, 0.25) is 0 Å². The summed E-state index contributed by atoms with van der Waals surface area (Å²) in [7, 11) is 0. The van der Waals surface area contributed by atoms with Crippen molar-refractivity contribution >= 4 is 21.6 Å². The number of phenolic OH excluding ortho intramolecular Hbond substituents is 1. The number of aromatic hydroxyl groups is 1. The van der Waals surface area contributed by atoms with Crippen molar-refractivity contribution in [3.8, 4) is 5.75 Å². The van der Waals surface area contributed by atoms with Gasteiger partial charge in [-0.3, -0.25) is 0 Å². The van der Waals surface area contributed by atoms with Crippen LogP contribution in [-0.2, 0) is 0 Å². The van der Waals surface area contributed by atoms with Gasteiger partial charge in [-0.15, -0.1) is 0 Å². The van der Waals surface area contributed by atoms with Crippen molar-refractivity contribution < 1.29 is 9.50 Å². The predicted molar refractivity (Wildman–Crippen MR) is 79.2 cm³/mol. The molecular weight excluding hydrogens is 323 g/mol. The fourth-order valence-corrected chi connectivity index (χ4v) is 2.65. The summed E-state index contributed by atoms with van der Waals surface area (Å²) in [4.78, 5) is 0. The maximum atomic E-state index is 13.8. The van der Waals surface area contributed by atoms with E-state index in [-0.39, 0.29) is 17.6 Å². The second-order valence-electron chi connectivity index (χ2n) is 4.63. The lowest BCUT2D eigenvalue weighted by Gasteiger charge is -2.11. The molecule has 2 N–H and O–H groups in total. The van der Waals surface area contributed by atoms with Crippen LogP contribution in [0.1, 0.15) is 23.6 Å². The maximum Gasteiger partial charge on any atom is 0.128 e. The van der Waals surface area contributed by atoms with Crippen LogP contribution in [-0.4, -0.2) is 10.8 Å². The Morgan fingerprint density at radius 3 is 2.85 bits per heavy atom. The minimum absolute atomic E-state index is 0.169. The minimum atomic E-state index is -0.250. The third kappa shape index (κ3) is 2.41. The van der Waals surface area contributed by atoms with Gasteiger partial charge in [0, 0.05) is 22.0 Å². The summed E-state index contributed by atoms with van der Waals surface area (Å²) in [6.07, 6.45) is 0.533. The van der Waals surface area contributed by atoms with Gasteiger partial charge in [-0.2, -0.15) is 5.10 Å². The topological polar surface area (TPSA) is 44.6 Å². The molecule has 0 fully saturated rings. The molecule has 1 aliphatic rings. The van der Waals surface area contributed by atoms with E-state index >= 15 is 0 Å². The number of hydrogen-bond donors (Lipinski definition) is 2. The molecule has 1 atom stereocenters. The summed E-state index contributed by atoms with van der Waals surface area (Å²) in [5, 5.41) is 14.1. The van der Waals surface area contributed by atoms with Crippen LogP contribution < -0.4 is 5.43 Å². The molecule has 5 heteroatoms. The van der Waals surface area contributed by atoms with Crippen molar-refractivity contribution in [2.75, 3.05) is 0 Å². The molecule has 102 valence electrons. The van der Waals surface area contributed by atoms with E-state index in [4.69, 9.17) is 0 Å². The number of benzene rings is 2. The molecule has 20 heavy (non-hydrogen) atoms. The average molecular weight is 335 g/mol. The van der Waals surface area contributed by atoms with E-state index in [1.54, 1.807) is 36.4 Å². The Bertz CT molecular complexity index is 687. The zero-order valence-corrected chi connectivity index (χ0v) is 12.1. The number of halogens is 2. The lowest BCUT2D eigenvalue weighted by Crippen LogP contribution is -2.11. The van der Waals surface area contributed by atoms with E-state index in [0.717, 1.165) is 10.2 Å². The van der Waals surface area contributed by atoms with Gasteiger partial charge in [-0.1, -0.05) is 34.1 Å². The molecule has 0 unspecified atom stereocenters. The van der Waals surface area contributed by atoms with Gasteiger partial charge in [0.05, 0.1) is 11.8 Å². The van der Waals surface area contributed by atoms with Crippen LogP contribution in [0.25, 0.3) is 0 Å². The number of phenols is 1. The zero-order chi connectivity index (χ0) is 14.1. The summed E-state index contributed by atoms with van der Waals surface area (Å²) in [6, 6.07) is 11.6. The second kappa shape index (κ2) is 5.25. The molecule has 0 amide bonds. The highest BCUT2D eigenvalue weighted by molar-refractivity contribution is 9.10. The average Bonchev–Trinajstić information content (AvgIpc) is 2.91. The molecule has 0 aliphatic carbocycles. The van der Waals surface area contributed by atoms with Crippen LogP contribution in [0.4, 0.5) is 4.39 Å². The summed E-state index contributed by atoms with van der Waals surface area (Å²) < 4.78 is 14.6. The Balaban J connectivity index is 1.86. The quantitative estimate of drug-likeness (QED) is 0.878. The second-order valence-corrected chi connectivity index (χ2v) is 5.54. The van der Waals surface area contributed by atoms with Crippen LogP contribution in [0.15, 0.2) is 52.0 Å². The van der Waals surface area contributed by atoms with Gasteiger partial charge in [0.1, 0.15) is 11.6 Å². The summed E-state index contributed by atoms with van der Waals surface area (Å²) >= 11 is 3.37. The van der Waals surface area contributed by atoms with Gasteiger partial charge < -0.3 is 10.5 Å². The van der Waals surface area contributed by atoms with Gasteiger partial charge in [0.15, 0.2) is 0 Å². The van der Waals surface area contributed by atoms with Crippen molar-refractivity contribution in [3.63, 3.8) is 0 Å². The van der Waals surface area contributed by atoms with Gasteiger partial charge in [0.25, 0.3) is 0 Å². The van der Waals surface area contributed by atoms with Crippen LogP contribution in [0.3, 0.4) is 0 Å². The number of hydrazone groups is 1. The molecule has 0 aromatic heterocycles. The first-order chi connectivity index (χ1) is 9.65. The summed E-state index contributed by atoms with van der Waals surface area (Å²) in [5.74, 6) is -0.0807. The van der Waals surface area contributed by atoms with Crippen molar-refractivity contribution in [3.05, 3.63) is 63.9 Å². The first-order valence-electron chi connectivity index (χ1n) is 6.20. The number of hydrogen-bond acceptors (Lipinski definition) is 3. The van der Waals surface area contributed by atoms with Gasteiger partial charge in [-0.05, 0) is 24.3 Å². The lowest BCUT2D eigenvalue weighted by molar-refractivity contribution is 0.474. The molecule has 2 aromatic carbocycles. The van der Waals surface area contributed by atoms with Crippen LogP contribution >= 0.6 is 15.9 Å². The van der Waals surface area contributed by atoms with E-state index in [1.165, 1.54) is 6.07 Å². The monoisotopic (exact) mass is 334 g/mol. The Labute approximate surface area is 124 Å². The van der Waals surface area contributed by atoms with Gasteiger partial charge in [0.2, 0.25) is 0 Å². The Morgan fingerprint density at radius 2 is 2.05 bits per heavy atom. The number of nitrogens with one attached hydrogen (secondary N) is 1. The van der Waals surface area contributed by atoms with E-state index in [0.29, 0.717) is 17.5 Å². The Kier molecular flexibility index (Phi) is 3.44. The molecule has 3 rings (SSSR count). The first-order valence-corrected chi connectivity index (χ1v) is 7.00. The molecule has 0 saturated heterocycles. The van der Waals surface area contributed by atoms with E-state index in [2.05, 4.69) is 26.5 Å². The van der Waals surface area contributed by atoms with E-state index in [1.807, 2.05) is 0 Å². The number of rotatable bonds is 2. The van der Waals surface area contributed by atoms with Crippen molar-refractivity contribution in [2.45, 2.75) is 12.5 Å². The van der Waals surface area contributed by atoms with Crippen molar-refractivity contribution in [2.24, 2.45) is 5.10 Å². The third-order valence-electron chi connectivity index (χ3n) is 3.30. The predicted octanol–water partition coefficient (Wildman–Crippen LogP) is 3.73. The molecular formula is C15H12BrFN2O. The smallest absolute Gasteiger partial charge is 0.128 e. The fourth-order valence-electron chi connectivity index (χ4n) is 2.29. The molecule has 0 radical (unpaired) electrons. The third-order valence-corrected chi connectivity index (χ3v) is 3.80. The molecule has 1 aliphatic heterocycles. The summed E-state index contributed by atoms with van der Waals surface area (Å²) in [6.45, 7) is 0. The lowest BCUT2D eigenvalue weighted by atomic mass is 9.98. The molecule has 2 aromatic rings. The molecule has 3 nitrogen and oxygen atoms in total. The van der Waals surface area contributed by atoms with E-state index in [9.17, 15) is 9.50 Å². The SMILES string of the molecule is Oc1ccc(Br)cc1C1=NN[C@H](c2ccccc2F)C1. The molecule has 0 bridgehead atoms. The van der Waals surface area contributed by atoms with Crippen molar-refractivity contribution in [1.29, 1.82) is 0 Å². The first kappa shape index (κ1) is 13.1. The standard InChI is InChI=1S/C15H12BrFN2O/c16-9-5-6-15(20)11(7-9)14-8-13(18-19-14)10-3-1-2-4-12(10)17/h1-7,13,18,20H,8H2/t13-/m0/s1. The molecule has 0 saturated carbocycles. The minimum Gasteiger partial charge on any atom is -0.507 e. The van der Waals surface area contributed by atoms with Crippen molar-refractivity contribution in [1.82, 2.24) is 5.43 Å². The van der Waals surface area contributed by atoms with Crippen LogP contribution in [0, 0.1) is 5.82 Å². The van der Waals surface area contributed by atoms with E-state index < -0.39 is 0 Å². The van der Waals surface area contributed by atoms with Gasteiger partial charge >= 0.3 is 0 Å². The Morgan fingerprint density at radius 1 is 1.25 bits per heavy atom. The molecule has 0 spiro atoms. The summed E-state index contributed by atoms with van der Waals surface area (Å²) in [5.41, 5.74) is 4.89. The van der Waals surface area contributed by atoms with Crippen LogP contribution in [0.5, 0.6) is 5.75 Å². The highest BCUT2D eigenvalue weighted by Crippen LogP contribution is 2.30. The Hall–Kier alpha value is -1.88. The largest absolute Gasteiger partial charge is 0.507 e. The number of nitrogens with zero attached hydrogens (tertiary/aromatic N) is 1. The highest BCUT2D eigenvalue weighted by atomic mass is 79.9. The fraction of sp³-hybridized carbons (Fsp3) is 0.133. The van der Waals surface area contributed by atoms with Gasteiger partial charge in [-0.25, -0.2) is 4.39 Å².